The highest BCUT2D eigenvalue weighted by molar-refractivity contribution is 5.87. The molecule has 0 aliphatic carbocycles. The number of ether oxygens (including phenoxy) is 2. The molecule has 1 aromatic carbocycles. The maximum Gasteiger partial charge on any atom is 0.166 e. The summed E-state index contributed by atoms with van der Waals surface area (Å²) in [6.07, 6.45) is 4.07. The molecular formula is C17H19N3O3. The zero-order chi connectivity index (χ0) is 16.1. The highest BCUT2D eigenvalue weighted by atomic mass is 16.7. The minimum atomic E-state index is -0.0996. The molecule has 1 aliphatic heterocycles. The van der Waals surface area contributed by atoms with Gasteiger partial charge in [-0.25, -0.2) is 0 Å². The van der Waals surface area contributed by atoms with E-state index in [0.29, 0.717) is 19.6 Å². The van der Waals surface area contributed by atoms with E-state index < -0.39 is 0 Å². The fourth-order valence-electron chi connectivity index (χ4n) is 2.46. The number of para-hydroxylation sites is 1. The highest BCUT2D eigenvalue weighted by Gasteiger charge is 2.21. The number of hydrogen-bond acceptors (Lipinski definition) is 6. The Kier molecular flexibility index (Phi) is 4.73. The van der Waals surface area contributed by atoms with E-state index in [2.05, 4.69) is 10.1 Å². The Morgan fingerprint density at radius 2 is 2.09 bits per heavy atom. The normalized spacial score (nSPS) is 16.6. The van der Waals surface area contributed by atoms with Crippen LogP contribution in [0, 0.1) is 0 Å². The van der Waals surface area contributed by atoms with Crippen LogP contribution < -0.4 is 15.2 Å². The van der Waals surface area contributed by atoms with Crippen LogP contribution >= 0.6 is 0 Å². The summed E-state index contributed by atoms with van der Waals surface area (Å²) < 4.78 is 11.4. The first-order valence-electron chi connectivity index (χ1n) is 7.43. The maximum atomic E-state index is 5.95. The van der Waals surface area contributed by atoms with Crippen molar-refractivity contribution in [3.63, 3.8) is 0 Å². The lowest BCUT2D eigenvalue weighted by Gasteiger charge is -2.15. The van der Waals surface area contributed by atoms with E-state index >= 15 is 0 Å². The van der Waals surface area contributed by atoms with Crippen LogP contribution in [0.3, 0.4) is 0 Å². The second kappa shape index (κ2) is 7.11. The Labute approximate surface area is 134 Å². The van der Waals surface area contributed by atoms with E-state index in [1.54, 1.807) is 19.5 Å². The van der Waals surface area contributed by atoms with Crippen molar-refractivity contribution in [3.05, 3.63) is 42.7 Å². The third-order valence-electron chi connectivity index (χ3n) is 3.63. The second-order valence-electron chi connectivity index (χ2n) is 5.18. The Balaban J connectivity index is 1.76. The molecule has 2 aromatic rings. The molecule has 1 atom stereocenters. The first kappa shape index (κ1) is 15.3. The number of pyridine rings is 1. The van der Waals surface area contributed by atoms with Crippen molar-refractivity contribution >= 4 is 5.71 Å². The SMILES string of the molecule is COc1ccncc1-c1ccccc1OCC1CC(CN)=NO1. The van der Waals surface area contributed by atoms with Crippen LogP contribution in [0.15, 0.2) is 47.9 Å². The third kappa shape index (κ3) is 3.43. The third-order valence-corrected chi connectivity index (χ3v) is 3.63. The largest absolute Gasteiger partial charge is 0.496 e. The highest BCUT2D eigenvalue weighted by Crippen LogP contribution is 2.35. The lowest BCUT2D eigenvalue weighted by atomic mass is 10.1. The molecule has 0 spiro atoms. The summed E-state index contributed by atoms with van der Waals surface area (Å²) in [5, 5.41) is 3.94. The van der Waals surface area contributed by atoms with E-state index in [1.807, 2.05) is 30.3 Å². The minimum absolute atomic E-state index is 0.0996. The van der Waals surface area contributed by atoms with Crippen molar-refractivity contribution in [1.29, 1.82) is 0 Å². The zero-order valence-electron chi connectivity index (χ0n) is 12.9. The van der Waals surface area contributed by atoms with Crippen molar-refractivity contribution in [2.45, 2.75) is 12.5 Å². The molecule has 1 aliphatic rings. The van der Waals surface area contributed by atoms with Crippen molar-refractivity contribution in [3.8, 4) is 22.6 Å². The fraction of sp³-hybridized carbons (Fsp3) is 0.294. The monoisotopic (exact) mass is 313 g/mol. The molecule has 6 nitrogen and oxygen atoms in total. The second-order valence-corrected chi connectivity index (χ2v) is 5.18. The van der Waals surface area contributed by atoms with Gasteiger partial charge in [-0.2, -0.15) is 0 Å². The van der Waals surface area contributed by atoms with Gasteiger partial charge in [0.25, 0.3) is 0 Å². The van der Waals surface area contributed by atoms with Gasteiger partial charge in [0.15, 0.2) is 6.10 Å². The summed E-state index contributed by atoms with van der Waals surface area (Å²) in [5.41, 5.74) is 8.24. The summed E-state index contributed by atoms with van der Waals surface area (Å²) in [6, 6.07) is 9.61. The number of methoxy groups -OCH3 is 1. The molecule has 2 heterocycles. The number of aromatic nitrogens is 1. The molecule has 0 radical (unpaired) electrons. The Hall–Kier alpha value is -2.60. The summed E-state index contributed by atoms with van der Waals surface area (Å²) in [6.45, 7) is 0.826. The molecular weight excluding hydrogens is 294 g/mol. The smallest absolute Gasteiger partial charge is 0.166 e. The molecule has 0 saturated carbocycles. The van der Waals surface area contributed by atoms with Gasteiger partial charge in [0.1, 0.15) is 18.1 Å². The molecule has 3 rings (SSSR count). The van der Waals surface area contributed by atoms with Gasteiger partial charge >= 0.3 is 0 Å². The molecule has 0 amide bonds. The van der Waals surface area contributed by atoms with E-state index in [1.165, 1.54) is 0 Å². The van der Waals surface area contributed by atoms with Crippen LogP contribution in [0.2, 0.25) is 0 Å². The number of hydrogen-bond donors (Lipinski definition) is 1. The van der Waals surface area contributed by atoms with E-state index in [-0.39, 0.29) is 6.10 Å². The first-order valence-corrected chi connectivity index (χ1v) is 7.43. The van der Waals surface area contributed by atoms with Crippen LogP contribution in [-0.4, -0.2) is 37.1 Å². The minimum Gasteiger partial charge on any atom is -0.496 e. The van der Waals surface area contributed by atoms with Crippen molar-refractivity contribution in [2.24, 2.45) is 10.9 Å². The van der Waals surface area contributed by atoms with E-state index in [4.69, 9.17) is 20.0 Å². The maximum absolute atomic E-state index is 5.95. The van der Waals surface area contributed by atoms with Gasteiger partial charge < -0.3 is 20.0 Å². The number of rotatable bonds is 6. The van der Waals surface area contributed by atoms with Gasteiger partial charge in [0.2, 0.25) is 0 Å². The Morgan fingerprint density at radius 1 is 1.22 bits per heavy atom. The van der Waals surface area contributed by atoms with Gasteiger partial charge in [-0.3, -0.25) is 4.98 Å². The van der Waals surface area contributed by atoms with Gasteiger partial charge in [-0.15, -0.1) is 0 Å². The Morgan fingerprint density at radius 3 is 2.87 bits per heavy atom. The number of benzene rings is 1. The molecule has 23 heavy (non-hydrogen) atoms. The molecule has 0 fully saturated rings. The number of nitrogens with zero attached hydrogens (tertiary/aromatic N) is 2. The van der Waals surface area contributed by atoms with E-state index in [0.717, 1.165) is 28.3 Å². The summed E-state index contributed by atoms with van der Waals surface area (Å²) >= 11 is 0. The lowest BCUT2D eigenvalue weighted by molar-refractivity contribution is 0.0472. The Bertz CT molecular complexity index is 703. The molecule has 2 N–H and O–H groups in total. The first-order chi connectivity index (χ1) is 11.3. The number of nitrogens with two attached hydrogens (primary N) is 1. The standard InChI is InChI=1S/C17H19N3O3/c1-21-16-6-7-19-10-15(16)14-4-2-3-5-17(14)22-11-13-8-12(9-18)20-23-13/h2-7,10,13H,8-9,11,18H2,1H3. The summed E-state index contributed by atoms with van der Waals surface area (Å²) in [5.74, 6) is 1.51. The molecule has 1 unspecified atom stereocenters. The van der Waals surface area contributed by atoms with E-state index in [9.17, 15) is 0 Å². The predicted octanol–water partition coefficient (Wildman–Crippen LogP) is 2.24. The van der Waals surface area contributed by atoms with Gasteiger partial charge in [0.05, 0.1) is 12.8 Å². The van der Waals surface area contributed by atoms with Gasteiger partial charge in [-0.1, -0.05) is 23.4 Å². The average molecular weight is 313 g/mol. The van der Waals surface area contributed by atoms with Crippen molar-refractivity contribution < 1.29 is 14.3 Å². The van der Waals surface area contributed by atoms with Crippen LogP contribution in [0.5, 0.6) is 11.5 Å². The molecule has 120 valence electrons. The van der Waals surface area contributed by atoms with Crippen molar-refractivity contribution in [2.75, 3.05) is 20.3 Å². The average Bonchev–Trinajstić information content (AvgIpc) is 3.08. The summed E-state index contributed by atoms with van der Waals surface area (Å²) in [7, 11) is 1.64. The van der Waals surface area contributed by atoms with Gasteiger partial charge in [-0.05, 0) is 12.1 Å². The van der Waals surface area contributed by atoms with Gasteiger partial charge in [0, 0.05) is 36.5 Å². The molecule has 0 bridgehead atoms. The predicted molar refractivity (Wildman–Crippen MR) is 87.7 cm³/mol. The summed E-state index contributed by atoms with van der Waals surface area (Å²) in [4.78, 5) is 9.49. The lowest BCUT2D eigenvalue weighted by Crippen LogP contribution is -2.20. The fourth-order valence-corrected chi connectivity index (χ4v) is 2.46. The van der Waals surface area contributed by atoms with Crippen LogP contribution in [0.25, 0.3) is 11.1 Å². The van der Waals surface area contributed by atoms with Crippen LogP contribution in [0.1, 0.15) is 6.42 Å². The number of oxime groups is 1. The quantitative estimate of drug-likeness (QED) is 0.885. The van der Waals surface area contributed by atoms with Crippen LogP contribution in [0.4, 0.5) is 0 Å². The topological polar surface area (TPSA) is 79.0 Å². The molecule has 6 heteroatoms. The van der Waals surface area contributed by atoms with Crippen molar-refractivity contribution in [1.82, 2.24) is 4.98 Å². The molecule has 1 aromatic heterocycles. The molecule has 0 saturated heterocycles. The van der Waals surface area contributed by atoms with Crippen LogP contribution in [-0.2, 0) is 4.84 Å². The zero-order valence-corrected chi connectivity index (χ0v) is 12.9.